The maximum Gasteiger partial charge on any atom is 0.417 e. The molecule has 36 heavy (non-hydrogen) atoms. The van der Waals surface area contributed by atoms with E-state index in [1.165, 1.54) is 6.07 Å². The highest BCUT2D eigenvalue weighted by molar-refractivity contribution is 5.85. The van der Waals surface area contributed by atoms with Crippen molar-refractivity contribution in [3.63, 3.8) is 0 Å². The fourth-order valence-electron chi connectivity index (χ4n) is 7.67. The lowest BCUT2D eigenvalue weighted by molar-refractivity contribution is -0.150. The second-order valence-electron chi connectivity index (χ2n) is 12.0. The maximum absolute atomic E-state index is 13.5. The van der Waals surface area contributed by atoms with Crippen LogP contribution < -0.4 is 10.2 Å². The summed E-state index contributed by atoms with van der Waals surface area (Å²) in [6, 6.07) is 2.56. The third-order valence-electron chi connectivity index (χ3n) is 9.25. The minimum absolute atomic E-state index is 0.00615. The summed E-state index contributed by atoms with van der Waals surface area (Å²) >= 11 is 0. The summed E-state index contributed by atoms with van der Waals surface area (Å²) in [5, 5.41) is 12.8. The summed E-state index contributed by atoms with van der Waals surface area (Å²) < 4.78 is 38.5. The normalized spacial score (nSPS) is 32.5. The van der Waals surface area contributed by atoms with Crippen LogP contribution in [0.1, 0.15) is 57.9 Å². The maximum atomic E-state index is 13.5. The number of nitrogens with one attached hydrogen (secondary N) is 1. The molecule has 1 aromatic rings. The molecule has 5 aliphatic rings. The molecule has 4 aliphatic carbocycles. The number of hydrogen-bond donors (Lipinski definition) is 2. The van der Waals surface area contributed by atoms with Crippen LogP contribution in [0, 0.1) is 23.2 Å². The van der Waals surface area contributed by atoms with E-state index in [0.717, 1.165) is 44.4 Å². The van der Waals surface area contributed by atoms with Gasteiger partial charge in [0.15, 0.2) is 0 Å². The quantitative estimate of drug-likeness (QED) is 0.608. The van der Waals surface area contributed by atoms with Gasteiger partial charge in [-0.05, 0) is 81.3 Å². The van der Waals surface area contributed by atoms with E-state index < -0.39 is 23.2 Å². The van der Waals surface area contributed by atoms with Gasteiger partial charge < -0.3 is 15.3 Å². The zero-order chi connectivity index (χ0) is 25.9. The molecule has 1 aromatic heterocycles. The van der Waals surface area contributed by atoms with E-state index in [-0.39, 0.29) is 23.8 Å². The summed E-state index contributed by atoms with van der Waals surface area (Å²) in [4.78, 5) is 33.1. The van der Waals surface area contributed by atoms with E-state index in [1.807, 2.05) is 18.7 Å². The molecule has 6 rings (SSSR count). The van der Waals surface area contributed by atoms with Crippen molar-refractivity contribution in [2.75, 3.05) is 31.1 Å². The number of rotatable bonds is 6. The number of aromatic nitrogens is 1. The molecule has 198 valence electrons. The number of alkyl halides is 3. The van der Waals surface area contributed by atoms with Gasteiger partial charge in [0.05, 0.1) is 17.5 Å². The van der Waals surface area contributed by atoms with Crippen molar-refractivity contribution in [3.05, 3.63) is 23.9 Å². The van der Waals surface area contributed by atoms with Crippen LogP contribution in [0.4, 0.5) is 19.0 Å². The van der Waals surface area contributed by atoms with Crippen LogP contribution in [0.5, 0.6) is 0 Å². The molecule has 2 N–H and O–H groups in total. The van der Waals surface area contributed by atoms with Crippen molar-refractivity contribution in [1.29, 1.82) is 0 Å². The highest BCUT2D eigenvalue weighted by atomic mass is 19.4. The van der Waals surface area contributed by atoms with Crippen LogP contribution in [-0.2, 0) is 15.8 Å². The third-order valence-corrected chi connectivity index (χ3v) is 9.25. The van der Waals surface area contributed by atoms with Gasteiger partial charge in [-0.1, -0.05) is 0 Å². The Morgan fingerprint density at radius 1 is 1.08 bits per heavy atom. The van der Waals surface area contributed by atoms with Gasteiger partial charge in [0.2, 0.25) is 5.91 Å². The van der Waals surface area contributed by atoms with Crippen molar-refractivity contribution in [2.24, 2.45) is 23.2 Å². The number of carboxylic acids is 1. The second-order valence-corrected chi connectivity index (χ2v) is 12.0. The Morgan fingerprint density at radius 3 is 2.25 bits per heavy atom. The molecule has 1 amide bonds. The molecular formula is C26H35F3N4O3. The van der Waals surface area contributed by atoms with Crippen molar-refractivity contribution >= 4 is 17.7 Å². The minimum Gasteiger partial charge on any atom is -0.481 e. The highest BCUT2D eigenvalue weighted by Crippen LogP contribution is 2.61. The number of aliphatic carboxylic acids is 1. The molecule has 2 unspecified atom stereocenters. The molecule has 1 saturated heterocycles. The average Bonchev–Trinajstić information content (AvgIpc) is 2.79. The second kappa shape index (κ2) is 8.89. The lowest BCUT2D eigenvalue weighted by Crippen LogP contribution is -2.65. The SMILES string of the molecule is CC(C)(C(=O)NC1C2CC3CC1CC(CC(=O)O)(C3)C2)N1CCN(c2ccc(C(F)(F)F)cn2)CC1. The van der Waals surface area contributed by atoms with Gasteiger partial charge in [-0.3, -0.25) is 14.5 Å². The summed E-state index contributed by atoms with van der Waals surface area (Å²) in [6.07, 6.45) is 1.62. The predicted molar refractivity (Wildman–Crippen MR) is 127 cm³/mol. The van der Waals surface area contributed by atoms with Gasteiger partial charge in [0.1, 0.15) is 5.82 Å². The van der Waals surface area contributed by atoms with Crippen LogP contribution in [-0.4, -0.2) is 64.6 Å². The Morgan fingerprint density at radius 2 is 1.72 bits per heavy atom. The van der Waals surface area contributed by atoms with Gasteiger partial charge in [-0.15, -0.1) is 0 Å². The van der Waals surface area contributed by atoms with Gasteiger partial charge in [-0.25, -0.2) is 4.98 Å². The number of pyridine rings is 1. The third kappa shape index (κ3) is 4.68. The van der Waals surface area contributed by atoms with Crippen molar-refractivity contribution in [1.82, 2.24) is 15.2 Å². The highest BCUT2D eigenvalue weighted by Gasteiger charge is 2.56. The van der Waals surface area contributed by atoms with E-state index in [4.69, 9.17) is 0 Å². The van der Waals surface area contributed by atoms with Gasteiger partial charge in [0.25, 0.3) is 0 Å². The molecule has 4 bridgehead atoms. The van der Waals surface area contributed by atoms with Gasteiger partial charge >= 0.3 is 12.1 Å². The standard InChI is InChI=1S/C26H35F3N4O3/c1-24(2,33-7-5-32(6-8-33)20-4-3-19(15-30-20)26(27,28)29)23(36)31-22-17-9-16-10-18(22)13-25(11-16,12-17)14-21(34)35/h3-4,15-18,22H,5-14H2,1-2H3,(H,31,36)(H,34,35). The lowest BCUT2D eigenvalue weighted by Gasteiger charge is -2.60. The minimum atomic E-state index is -4.41. The van der Waals surface area contributed by atoms with Gasteiger partial charge in [-0.2, -0.15) is 13.2 Å². The largest absolute Gasteiger partial charge is 0.481 e. The Labute approximate surface area is 209 Å². The predicted octanol–water partition coefficient (Wildman–Crippen LogP) is 3.79. The molecule has 4 saturated carbocycles. The number of nitrogens with zero attached hydrogens (tertiary/aromatic N) is 3. The van der Waals surface area contributed by atoms with Crippen LogP contribution >= 0.6 is 0 Å². The smallest absolute Gasteiger partial charge is 0.417 e. The molecule has 1 aliphatic heterocycles. The average molecular weight is 509 g/mol. The molecule has 2 heterocycles. The molecular weight excluding hydrogens is 473 g/mol. The summed E-state index contributed by atoms with van der Waals surface area (Å²) in [5.41, 5.74) is -1.59. The lowest BCUT2D eigenvalue weighted by atomic mass is 9.47. The van der Waals surface area contributed by atoms with Crippen LogP contribution in [0.2, 0.25) is 0 Å². The molecule has 0 radical (unpaired) electrons. The fraction of sp³-hybridized carbons (Fsp3) is 0.731. The van der Waals surface area contributed by atoms with Crippen LogP contribution in [0.25, 0.3) is 0 Å². The molecule has 2 atom stereocenters. The van der Waals surface area contributed by atoms with E-state index >= 15 is 0 Å². The number of amides is 1. The zero-order valence-corrected chi connectivity index (χ0v) is 20.9. The monoisotopic (exact) mass is 508 g/mol. The van der Waals surface area contributed by atoms with Crippen LogP contribution in [0.3, 0.4) is 0 Å². The number of carbonyl (C=O) groups excluding carboxylic acids is 1. The molecule has 7 nitrogen and oxygen atoms in total. The topological polar surface area (TPSA) is 85.8 Å². The van der Waals surface area contributed by atoms with Gasteiger partial charge in [0, 0.05) is 38.4 Å². The van der Waals surface area contributed by atoms with E-state index in [1.54, 1.807) is 0 Å². The molecule has 5 fully saturated rings. The first-order valence-electron chi connectivity index (χ1n) is 12.9. The molecule has 0 aromatic carbocycles. The number of anilines is 1. The van der Waals surface area contributed by atoms with E-state index in [9.17, 15) is 27.9 Å². The number of piperazine rings is 1. The Balaban J connectivity index is 1.19. The number of carboxylic acid groups (broad SMARTS) is 1. The summed E-state index contributed by atoms with van der Waals surface area (Å²) in [6.45, 7) is 6.20. The Bertz CT molecular complexity index is 989. The van der Waals surface area contributed by atoms with Crippen molar-refractivity contribution < 1.29 is 27.9 Å². The Hall–Kier alpha value is -2.36. The molecule has 0 spiro atoms. The molecule has 10 heteroatoms. The zero-order valence-electron chi connectivity index (χ0n) is 20.9. The number of halogens is 3. The van der Waals surface area contributed by atoms with Crippen molar-refractivity contribution in [3.8, 4) is 0 Å². The first-order valence-corrected chi connectivity index (χ1v) is 12.9. The first kappa shape index (κ1) is 25.3. The van der Waals surface area contributed by atoms with Crippen LogP contribution in [0.15, 0.2) is 18.3 Å². The fourth-order valence-corrected chi connectivity index (χ4v) is 7.67. The van der Waals surface area contributed by atoms with Crippen molar-refractivity contribution in [2.45, 2.75) is 70.1 Å². The van der Waals surface area contributed by atoms with E-state index in [2.05, 4.69) is 15.2 Å². The van der Waals surface area contributed by atoms with E-state index in [0.29, 0.717) is 49.8 Å². The number of hydrogen-bond acceptors (Lipinski definition) is 5. The number of carbonyl (C=O) groups is 2. The summed E-state index contributed by atoms with van der Waals surface area (Å²) in [7, 11) is 0. The Kier molecular flexibility index (Phi) is 6.24. The first-order chi connectivity index (χ1) is 16.9. The summed E-state index contributed by atoms with van der Waals surface area (Å²) in [5.74, 6) is 1.05.